The SMILES string of the molecule is C=CCCn1cnc(=C)/c(=C\C=C/C)c1=O. The highest BCUT2D eigenvalue weighted by Gasteiger charge is 1.97. The van der Waals surface area contributed by atoms with E-state index in [9.17, 15) is 4.79 Å². The summed E-state index contributed by atoms with van der Waals surface area (Å²) < 4.78 is 1.58. The lowest BCUT2D eigenvalue weighted by Crippen LogP contribution is -2.45. The van der Waals surface area contributed by atoms with E-state index in [1.54, 1.807) is 16.7 Å². The predicted molar refractivity (Wildman–Crippen MR) is 67.4 cm³/mol. The summed E-state index contributed by atoms with van der Waals surface area (Å²) in [5.41, 5.74) is -0.0556. The van der Waals surface area contributed by atoms with Crippen LogP contribution in [0, 0.1) is 0 Å². The Morgan fingerprint density at radius 3 is 2.94 bits per heavy atom. The fraction of sp³-hybridized carbons (Fsp3) is 0.231. The second-order valence-electron chi connectivity index (χ2n) is 3.37. The van der Waals surface area contributed by atoms with Gasteiger partial charge < -0.3 is 0 Å². The summed E-state index contributed by atoms with van der Waals surface area (Å²) in [5.74, 6) is 0. The zero-order chi connectivity index (χ0) is 12.0. The van der Waals surface area contributed by atoms with Gasteiger partial charge in [0.2, 0.25) is 0 Å². The summed E-state index contributed by atoms with van der Waals surface area (Å²) >= 11 is 0. The van der Waals surface area contributed by atoms with Crippen LogP contribution in [0.15, 0.2) is 35.9 Å². The maximum Gasteiger partial charge on any atom is 0.261 e. The van der Waals surface area contributed by atoms with Crippen molar-refractivity contribution in [2.45, 2.75) is 19.9 Å². The lowest BCUT2D eigenvalue weighted by Gasteiger charge is -2.01. The monoisotopic (exact) mass is 216 g/mol. The van der Waals surface area contributed by atoms with Gasteiger partial charge in [-0.1, -0.05) is 24.8 Å². The summed E-state index contributed by atoms with van der Waals surface area (Å²) in [6.07, 6.45) is 9.47. The summed E-state index contributed by atoms with van der Waals surface area (Å²) in [7, 11) is 0. The second-order valence-corrected chi connectivity index (χ2v) is 3.37. The molecule has 1 aromatic rings. The Kier molecular flexibility index (Phi) is 4.45. The van der Waals surface area contributed by atoms with Gasteiger partial charge in [-0.3, -0.25) is 9.36 Å². The van der Waals surface area contributed by atoms with Crippen LogP contribution in [0.2, 0.25) is 0 Å². The number of aromatic nitrogens is 2. The van der Waals surface area contributed by atoms with E-state index in [0.717, 1.165) is 6.42 Å². The fourth-order valence-corrected chi connectivity index (χ4v) is 1.29. The van der Waals surface area contributed by atoms with Crippen molar-refractivity contribution in [1.29, 1.82) is 0 Å². The maximum atomic E-state index is 12.0. The van der Waals surface area contributed by atoms with Crippen LogP contribution in [-0.2, 0) is 6.54 Å². The summed E-state index contributed by atoms with van der Waals surface area (Å²) in [5, 5.41) is 1.06. The molecule has 0 fully saturated rings. The van der Waals surface area contributed by atoms with Gasteiger partial charge >= 0.3 is 0 Å². The Bertz CT molecular complexity index is 552. The highest BCUT2D eigenvalue weighted by atomic mass is 16.1. The number of allylic oxidation sites excluding steroid dienone is 3. The molecule has 0 aromatic carbocycles. The van der Waals surface area contributed by atoms with Gasteiger partial charge in [0.15, 0.2) is 0 Å². The average Bonchev–Trinajstić information content (AvgIpc) is 2.28. The Labute approximate surface area is 94.8 Å². The number of hydrogen-bond donors (Lipinski definition) is 0. The number of aryl methyl sites for hydroxylation is 1. The van der Waals surface area contributed by atoms with Crippen molar-refractivity contribution in [3.63, 3.8) is 0 Å². The molecule has 0 unspecified atom stereocenters. The molecule has 0 aliphatic rings. The lowest BCUT2D eigenvalue weighted by atomic mass is 10.3. The first kappa shape index (κ1) is 12.2. The van der Waals surface area contributed by atoms with Crippen molar-refractivity contribution in [2.24, 2.45) is 0 Å². The molecule has 3 heteroatoms. The molecule has 3 nitrogen and oxygen atoms in total. The molecule has 84 valence electrons. The molecule has 0 aliphatic heterocycles. The third-order valence-corrected chi connectivity index (χ3v) is 2.18. The highest BCUT2D eigenvalue weighted by Crippen LogP contribution is 1.82. The zero-order valence-corrected chi connectivity index (χ0v) is 9.52. The molecule has 0 bridgehead atoms. The summed E-state index contributed by atoms with van der Waals surface area (Å²) in [6.45, 7) is 9.87. The predicted octanol–water partition coefficient (Wildman–Crippen LogP) is 0.586. The van der Waals surface area contributed by atoms with E-state index in [4.69, 9.17) is 0 Å². The van der Waals surface area contributed by atoms with Gasteiger partial charge in [-0.25, -0.2) is 4.98 Å². The largest absolute Gasteiger partial charge is 0.298 e. The molecule has 0 radical (unpaired) electrons. The molecule has 1 heterocycles. The standard InChI is InChI=1S/C13H16N2O/c1-4-6-8-12-11(3)14-10-15(13(12)16)9-7-5-2/h4-6,8,10H,2-3,7,9H2,1H3/b6-4-,12-8+. The molecular weight excluding hydrogens is 200 g/mol. The van der Waals surface area contributed by atoms with Gasteiger partial charge in [0, 0.05) is 6.54 Å². The van der Waals surface area contributed by atoms with Crippen molar-refractivity contribution in [3.05, 3.63) is 52.1 Å². The van der Waals surface area contributed by atoms with Crippen LogP contribution < -0.4 is 16.1 Å². The third-order valence-electron chi connectivity index (χ3n) is 2.18. The first-order chi connectivity index (χ1) is 7.70. The first-order valence-corrected chi connectivity index (χ1v) is 5.19. The normalized spacial score (nSPS) is 12.2. The average molecular weight is 216 g/mol. The van der Waals surface area contributed by atoms with Gasteiger partial charge in [-0.15, -0.1) is 6.58 Å². The molecule has 0 saturated carbocycles. The molecule has 0 spiro atoms. The first-order valence-electron chi connectivity index (χ1n) is 5.19. The fourth-order valence-electron chi connectivity index (χ4n) is 1.29. The number of rotatable bonds is 4. The van der Waals surface area contributed by atoms with E-state index < -0.39 is 0 Å². The van der Waals surface area contributed by atoms with Crippen LogP contribution >= 0.6 is 0 Å². The van der Waals surface area contributed by atoms with E-state index in [1.165, 1.54) is 6.33 Å². The summed E-state index contributed by atoms with van der Waals surface area (Å²) in [4.78, 5) is 16.1. The van der Waals surface area contributed by atoms with Gasteiger partial charge in [0.05, 0.1) is 16.9 Å². The lowest BCUT2D eigenvalue weighted by molar-refractivity contribution is 0.657. The Hall–Kier alpha value is -1.90. The van der Waals surface area contributed by atoms with Gasteiger partial charge in [-0.05, 0) is 19.4 Å². The van der Waals surface area contributed by atoms with Crippen LogP contribution in [0.3, 0.4) is 0 Å². The molecule has 0 aliphatic carbocycles. The Balaban J connectivity index is 3.33. The van der Waals surface area contributed by atoms with E-state index in [1.807, 2.05) is 19.1 Å². The summed E-state index contributed by atoms with van der Waals surface area (Å²) in [6, 6.07) is 0. The minimum atomic E-state index is -0.0556. The molecule has 16 heavy (non-hydrogen) atoms. The van der Waals surface area contributed by atoms with Crippen molar-refractivity contribution in [1.82, 2.24) is 9.55 Å². The number of hydrogen-bond acceptors (Lipinski definition) is 2. The molecule has 1 aromatic heterocycles. The molecule has 1 rings (SSSR count). The highest BCUT2D eigenvalue weighted by molar-refractivity contribution is 5.35. The smallest absolute Gasteiger partial charge is 0.261 e. The Morgan fingerprint density at radius 2 is 2.31 bits per heavy atom. The van der Waals surface area contributed by atoms with Crippen molar-refractivity contribution in [2.75, 3.05) is 0 Å². The van der Waals surface area contributed by atoms with Crippen LogP contribution in [-0.4, -0.2) is 9.55 Å². The second kappa shape index (κ2) is 5.85. The number of nitrogens with zero attached hydrogens (tertiary/aromatic N) is 2. The third kappa shape index (κ3) is 2.79. The molecular formula is C13H16N2O. The van der Waals surface area contributed by atoms with Crippen molar-refractivity contribution >= 4 is 12.7 Å². The molecule has 0 N–H and O–H groups in total. The minimum Gasteiger partial charge on any atom is -0.298 e. The van der Waals surface area contributed by atoms with E-state index >= 15 is 0 Å². The molecule has 0 atom stereocenters. The van der Waals surface area contributed by atoms with Gasteiger partial charge in [-0.2, -0.15) is 0 Å². The molecule has 0 saturated heterocycles. The van der Waals surface area contributed by atoms with E-state index in [-0.39, 0.29) is 5.56 Å². The Morgan fingerprint density at radius 1 is 1.56 bits per heavy atom. The maximum absolute atomic E-state index is 12.0. The minimum absolute atomic E-state index is 0.0556. The van der Waals surface area contributed by atoms with Gasteiger partial charge in [0.25, 0.3) is 5.56 Å². The van der Waals surface area contributed by atoms with E-state index in [0.29, 0.717) is 17.1 Å². The topological polar surface area (TPSA) is 34.9 Å². The zero-order valence-electron chi connectivity index (χ0n) is 9.52. The van der Waals surface area contributed by atoms with Crippen molar-refractivity contribution < 1.29 is 0 Å². The van der Waals surface area contributed by atoms with Crippen molar-refractivity contribution in [3.8, 4) is 0 Å². The molecule has 0 amide bonds. The van der Waals surface area contributed by atoms with Gasteiger partial charge in [0.1, 0.15) is 0 Å². The quantitative estimate of drug-likeness (QED) is 0.690. The van der Waals surface area contributed by atoms with Crippen LogP contribution in [0.5, 0.6) is 0 Å². The van der Waals surface area contributed by atoms with Crippen LogP contribution in [0.4, 0.5) is 0 Å². The van der Waals surface area contributed by atoms with E-state index in [2.05, 4.69) is 18.1 Å². The van der Waals surface area contributed by atoms with Crippen LogP contribution in [0.25, 0.3) is 12.7 Å². The van der Waals surface area contributed by atoms with Crippen LogP contribution in [0.1, 0.15) is 13.3 Å².